The van der Waals surface area contributed by atoms with Gasteiger partial charge in [-0.15, -0.1) is 11.3 Å². The van der Waals surface area contributed by atoms with Crippen LogP contribution in [-0.4, -0.2) is 121 Å². The minimum absolute atomic E-state index is 0.00837. The molecule has 1 saturated heterocycles. The molecule has 3 unspecified atom stereocenters. The summed E-state index contributed by atoms with van der Waals surface area (Å²) in [5.74, 6) is -2.94. The average Bonchev–Trinajstić information content (AvgIpc) is 3.98. The molecule has 2 aliphatic rings. The van der Waals surface area contributed by atoms with Gasteiger partial charge in [-0.05, 0) is 72.3 Å². The smallest absolute Gasteiger partial charge is 0.391 e. The molecule has 4 aromatic rings. The molecule has 1 aliphatic heterocycles. The van der Waals surface area contributed by atoms with Gasteiger partial charge in [0, 0.05) is 38.2 Å². The summed E-state index contributed by atoms with van der Waals surface area (Å²) in [5.41, 5.74) is 6.12. The van der Waals surface area contributed by atoms with E-state index in [0.29, 0.717) is 24.2 Å². The van der Waals surface area contributed by atoms with E-state index in [0.717, 1.165) is 32.8 Å². The van der Waals surface area contributed by atoms with Gasteiger partial charge in [0.15, 0.2) is 0 Å². The third-order valence-corrected chi connectivity index (χ3v) is 13.8. The first-order valence-corrected chi connectivity index (χ1v) is 25.3. The summed E-state index contributed by atoms with van der Waals surface area (Å²) in [7, 11) is 1.47. The van der Waals surface area contributed by atoms with E-state index >= 15 is 0 Å². The minimum atomic E-state index is -4.17. The number of aliphatic hydroxyl groups excluding tert-OH is 1. The maximum atomic E-state index is 14.0. The number of hydrogen-bond acceptors (Lipinski definition) is 12. The number of benzene rings is 2. The molecule has 2 aromatic heterocycles. The molecule has 0 spiro atoms. The molecule has 5 amide bonds. The topological polar surface area (TPSA) is 210 Å². The van der Waals surface area contributed by atoms with Crippen molar-refractivity contribution in [3.05, 3.63) is 106 Å². The van der Waals surface area contributed by atoms with E-state index in [9.17, 15) is 42.3 Å². The summed E-state index contributed by atoms with van der Waals surface area (Å²) in [6.07, 6.45) is 1.18. The van der Waals surface area contributed by atoms with Crippen LogP contribution in [0.5, 0.6) is 5.75 Å². The number of methoxy groups -OCH3 is 1. The molecule has 1 aliphatic carbocycles. The van der Waals surface area contributed by atoms with Gasteiger partial charge in [0.25, 0.3) is 5.91 Å². The second-order valence-electron chi connectivity index (χ2n) is 19.5. The van der Waals surface area contributed by atoms with Gasteiger partial charge in [-0.1, -0.05) is 81.5 Å². The number of amides is 5. The summed E-state index contributed by atoms with van der Waals surface area (Å²) < 4.78 is 55.8. The van der Waals surface area contributed by atoms with Crippen LogP contribution in [0.1, 0.15) is 91.3 Å². The summed E-state index contributed by atoms with van der Waals surface area (Å²) in [6.45, 7) is 7.95. The maximum Gasteiger partial charge on any atom is 0.391 e. The molecule has 5 N–H and O–H groups in total. The third-order valence-electron chi connectivity index (χ3n) is 12.8. The number of allylic oxidation sites excluding steroid dienone is 1. The van der Waals surface area contributed by atoms with Crippen molar-refractivity contribution in [2.45, 2.75) is 104 Å². The number of carbonyl (C=O) groups excluding carboxylic acids is 5. The van der Waals surface area contributed by atoms with Crippen molar-refractivity contribution in [2.75, 3.05) is 46.6 Å². The summed E-state index contributed by atoms with van der Waals surface area (Å²) in [6, 6.07) is 14.7. The normalized spacial score (nSPS) is 18.6. The lowest BCUT2D eigenvalue weighted by molar-refractivity contribution is -0.183. The van der Waals surface area contributed by atoms with Gasteiger partial charge in [0.05, 0.1) is 67.7 Å². The van der Waals surface area contributed by atoms with Crippen molar-refractivity contribution < 1.29 is 56.5 Å². The van der Waals surface area contributed by atoms with Gasteiger partial charge in [-0.25, -0.2) is 9.97 Å². The van der Waals surface area contributed by atoms with E-state index in [2.05, 4.69) is 31.2 Å². The van der Waals surface area contributed by atoms with Gasteiger partial charge in [-0.3, -0.25) is 24.0 Å². The lowest BCUT2D eigenvalue weighted by atomic mass is 9.81. The van der Waals surface area contributed by atoms with Crippen LogP contribution in [0.25, 0.3) is 16.5 Å². The molecule has 3 heterocycles. The Labute approximate surface area is 427 Å². The number of nitrogens with one attached hydrogen (secondary N) is 4. The van der Waals surface area contributed by atoms with Crippen LogP contribution in [0, 0.1) is 24.2 Å². The molecule has 0 bridgehead atoms. The Morgan fingerprint density at radius 3 is 2.27 bits per heavy atom. The van der Waals surface area contributed by atoms with Crippen molar-refractivity contribution in [3.8, 4) is 16.2 Å². The van der Waals surface area contributed by atoms with Gasteiger partial charge in [0.1, 0.15) is 30.1 Å². The Balaban J connectivity index is 0.860. The van der Waals surface area contributed by atoms with Crippen molar-refractivity contribution >= 4 is 46.9 Å². The zero-order chi connectivity index (χ0) is 52.7. The largest absolute Gasteiger partial charge is 0.495 e. The number of ether oxygens (including phenoxy) is 3. The number of aryl methyl sites for hydroxylation is 1. The summed E-state index contributed by atoms with van der Waals surface area (Å²) in [4.78, 5) is 77.2. The molecule has 16 nitrogen and oxygen atoms in total. The van der Waals surface area contributed by atoms with E-state index in [1.165, 1.54) is 18.2 Å². The number of likely N-dealkylation sites (tertiary alicyclic amines) is 1. The van der Waals surface area contributed by atoms with Crippen LogP contribution in [0.15, 0.2) is 72.4 Å². The molecule has 3 atom stereocenters. The molecule has 2 fully saturated rings. The quantitative estimate of drug-likeness (QED) is 0.0549. The van der Waals surface area contributed by atoms with Gasteiger partial charge in [0.2, 0.25) is 23.6 Å². The first kappa shape index (κ1) is 56.1. The number of rotatable bonds is 22. The molecular formula is C53H66F3N7O9S. The first-order chi connectivity index (χ1) is 34.8. The van der Waals surface area contributed by atoms with Crippen molar-refractivity contribution in [1.29, 1.82) is 0 Å². The Bertz CT molecular complexity index is 2540. The second kappa shape index (κ2) is 26.1. The zero-order valence-electron chi connectivity index (χ0n) is 41.9. The maximum absolute atomic E-state index is 14.0. The molecule has 20 heteroatoms. The zero-order valence-corrected chi connectivity index (χ0v) is 42.7. The molecular weight excluding hydrogens is 968 g/mol. The number of nitrogens with zero attached hydrogens (tertiary/aromatic N) is 3. The molecule has 394 valence electrons. The Hall–Kier alpha value is -6.22. The van der Waals surface area contributed by atoms with Crippen LogP contribution < -0.4 is 26.0 Å². The number of hydrogen-bond donors (Lipinski definition) is 5. The first-order valence-electron chi connectivity index (χ1n) is 24.4. The second-order valence-corrected chi connectivity index (χ2v) is 20.3. The van der Waals surface area contributed by atoms with Crippen molar-refractivity contribution in [3.63, 3.8) is 0 Å². The Kier molecular flexibility index (Phi) is 20.1. The molecule has 1 saturated carbocycles. The number of aromatic nitrogens is 2. The lowest BCUT2D eigenvalue weighted by Gasteiger charge is -2.35. The summed E-state index contributed by atoms with van der Waals surface area (Å²) in [5, 5.41) is 21.9. The number of thiazole rings is 1. The number of aliphatic hydroxyl groups is 1. The minimum Gasteiger partial charge on any atom is -0.495 e. The van der Waals surface area contributed by atoms with Gasteiger partial charge >= 0.3 is 6.18 Å². The SMILES string of the molecule is COc1cnc(C(=O)NCc2cccc(CC(=O)NCCOCCOCC(=O)NC(C(=O)N3CC(O)CC3C(=O)NCc3ccc(-c4scnc4C)cc3)C(C)(C)C)c2)cc1C=CC1CCC(C(F)(F)F)CC1. The molecule has 6 rings (SSSR count). The van der Waals surface area contributed by atoms with E-state index in [1.807, 2.05) is 49.4 Å². The van der Waals surface area contributed by atoms with E-state index in [4.69, 9.17) is 14.2 Å². The predicted molar refractivity (Wildman–Crippen MR) is 269 cm³/mol. The highest BCUT2D eigenvalue weighted by atomic mass is 32.1. The molecule has 0 radical (unpaired) electrons. The standard InChI is InChI=1S/C53H66F3N7O9S/c1-33-47(73-32-61-33)38-14-10-35(11-15-38)27-60-50(68)43-26-41(64)30-63(43)51(69)48(52(2,3)4)62-46(66)31-72-22-21-71-20-19-57-45(65)24-36-7-6-8-37(23-36)28-59-49(67)42-25-39(44(70-5)29-58-42)16-9-34-12-17-40(18-13-34)53(54,55)56/h6-11,14-16,23,25,29,32,34,40-41,43,48,64H,12-13,17-22,24,26-28,30-31H2,1-5H3,(H,57,65)(H,59,67)(H,60,68)(H,62,66). The van der Waals surface area contributed by atoms with Crippen LogP contribution in [0.4, 0.5) is 13.2 Å². The highest BCUT2D eigenvalue weighted by Gasteiger charge is 2.45. The number of pyridine rings is 1. The number of β-amino-alcohol motifs (C(OH)–C–C–N with tert-alkyl or cyclic N) is 1. The fraction of sp³-hybridized carbons (Fsp3) is 0.491. The molecule has 73 heavy (non-hydrogen) atoms. The lowest BCUT2D eigenvalue weighted by Crippen LogP contribution is -2.58. The van der Waals surface area contributed by atoms with Crippen LogP contribution >= 0.6 is 11.3 Å². The number of carbonyl (C=O) groups is 5. The van der Waals surface area contributed by atoms with Gasteiger partial charge in [-0.2, -0.15) is 13.2 Å². The van der Waals surface area contributed by atoms with E-state index in [-0.39, 0.29) is 95.8 Å². The van der Waals surface area contributed by atoms with Crippen LogP contribution in [0.3, 0.4) is 0 Å². The average molecular weight is 1030 g/mol. The predicted octanol–water partition coefficient (Wildman–Crippen LogP) is 6.34. The van der Waals surface area contributed by atoms with E-state index < -0.39 is 59.3 Å². The van der Waals surface area contributed by atoms with Crippen molar-refractivity contribution in [1.82, 2.24) is 36.1 Å². The highest BCUT2D eigenvalue weighted by molar-refractivity contribution is 7.13. The monoisotopic (exact) mass is 1030 g/mol. The fourth-order valence-corrected chi connectivity index (χ4v) is 9.57. The summed E-state index contributed by atoms with van der Waals surface area (Å²) >= 11 is 1.56. The Morgan fingerprint density at radius 2 is 1.59 bits per heavy atom. The van der Waals surface area contributed by atoms with Crippen LogP contribution in [0.2, 0.25) is 0 Å². The van der Waals surface area contributed by atoms with E-state index in [1.54, 1.807) is 61.9 Å². The fourth-order valence-electron chi connectivity index (χ4n) is 8.76. The highest BCUT2D eigenvalue weighted by Crippen LogP contribution is 2.40. The van der Waals surface area contributed by atoms with Gasteiger partial charge < -0.3 is 45.5 Å². The van der Waals surface area contributed by atoms with Crippen molar-refractivity contribution in [2.24, 2.45) is 17.3 Å². The number of alkyl halides is 3. The third kappa shape index (κ3) is 16.6. The molecule has 2 aromatic carbocycles. The van der Waals surface area contributed by atoms with Crippen LogP contribution in [-0.2, 0) is 48.2 Å². The number of halogens is 3. The Morgan fingerprint density at radius 1 is 0.877 bits per heavy atom.